The van der Waals surface area contributed by atoms with Crippen molar-refractivity contribution < 1.29 is 9.84 Å². The van der Waals surface area contributed by atoms with Crippen LogP contribution in [0.5, 0.6) is 5.75 Å². The van der Waals surface area contributed by atoms with E-state index < -0.39 is 0 Å². The Hall–Kier alpha value is -0.670. The summed E-state index contributed by atoms with van der Waals surface area (Å²) < 4.78 is 5.40. The highest BCUT2D eigenvalue weighted by Gasteiger charge is 2.00. The summed E-state index contributed by atoms with van der Waals surface area (Å²) in [5.74, 6) is 1.22. The van der Waals surface area contributed by atoms with Crippen LogP contribution in [0.15, 0.2) is 29.2 Å². The second-order valence-electron chi connectivity index (χ2n) is 3.24. The van der Waals surface area contributed by atoms with Crippen LogP contribution in [0.4, 0.5) is 0 Å². The van der Waals surface area contributed by atoms with Crippen LogP contribution in [0.1, 0.15) is 13.8 Å². The van der Waals surface area contributed by atoms with Crippen LogP contribution in [-0.4, -0.2) is 23.6 Å². The minimum absolute atomic E-state index is 0.278. The van der Waals surface area contributed by atoms with Crippen LogP contribution in [0.2, 0.25) is 0 Å². The van der Waals surface area contributed by atoms with E-state index in [9.17, 15) is 5.11 Å². The summed E-state index contributed by atoms with van der Waals surface area (Å²) in [6.07, 6.45) is 0.278. The van der Waals surface area contributed by atoms with Gasteiger partial charge in [-0.3, -0.25) is 0 Å². The molecule has 3 heteroatoms. The summed E-state index contributed by atoms with van der Waals surface area (Å²) in [6, 6.07) is 7.36. The minimum atomic E-state index is 0.278. The first-order chi connectivity index (χ1) is 6.70. The molecule has 0 spiro atoms. The fourth-order valence-electron chi connectivity index (χ4n) is 1.01. The van der Waals surface area contributed by atoms with Gasteiger partial charge in [0.2, 0.25) is 0 Å². The third-order valence-corrected chi connectivity index (χ3v) is 2.68. The molecule has 1 N–H and O–H groups in total. The van der Waals surface area contributed by atoms with Crippen LogP contribution in [0, 0.1) is 0 Å². The maximum absolute atomic E-state index is 9.46. The molecule has 78 valence electrons. The number of phenolic OH excluding ortho intramolecular Hbond substituents is 1. The summed E-state index contributed by atoms with van der Waals surface area (Å²) in [5, 5.41) is 9.46. The van der Waals surface area contributed by atoms with E-state index in [1.54, 1.807) is 17.8 Å². The zero-order valence-electron chi connectivity index (χ0n) is 8.56. The third kappa shape index (κ3) is 4.03. The largest absolute Gasteiger partial charge is 0.507 e. The maximum atomic E-state index is 9.46. The molecule has 0 heterocycles. The molecule has 0 amide bonds. The molecule has 1 aromatic carbocycles. The van der Waals surface area contributed by atoms with Gasteiger partial charge in [-0.25, -0.2) is 0 Å². The predicted octanol–water partition coefficient (Wildman–Crippen LogP) is 2.91. The molecule has 0 bridgehead atoms. The maximum Gasteiger partial charge on any atom is 0.129 e. The summed E-state index contributed by atoms with van der Waals surface area (Å²) in [4.78, 5) is 0.917. The first-order valence-electron chi connectivity index (χ1n) is 4.72. The Bertz CT molecular complexity index is 274. The average Bonchev–Trinajstić information content (AvgIpc) is 2.15. The lowest BCUT2D eigenvalue weighted by Gasteiger charge is -2.07. The zero-order valence-corrected chi connectivity index (χ0v) is 9.38. The van der Waals surface area contributed by atoms with E-state index in [1.807, 2.05) is 32.0 Å². The molecule has 0 aliphatic carbocycles. The molecule has 0 radical (unpaired) electrons. The van der Waals surface area contributed by atoms with Gasteiger partial charge in [-0.1, -0.05) is 12.1 Å². The SMILES string of the molecule is CC(C)OCCSc1ccccc1O. The Labute approximate surface area is 89.3 Å². The Kier molecular flexibility index (Phi) is 4.84. The van der Waals surface area contributed by atoms with Crippen molar-refractivity contribution >= 4 is 11.8 Å². The fourth-order valence-corrected chi connectivity index (χ4v) is 1.80. The molecule has 1 aromatic rings. The van der Waals surface area contributed by atoms with Crippen molar-refractivity contribution in [1.82, 2.24) is 0 Å². The first kappa shape index (κ1) is 11.4. The molecule has 0 aliphatic rings. The van der Waals surface area contributed by atoms with Crippen molar-refractivity contribution in [3.05, 3.63) is 24.3 Å². The average molecular weight is 212 g/mol. The van der Waals surface area contributed by atoms with E-state index in [0.717, 1.165) is 17.3 Å². The Morgan fingerprint density at radius 2 is 2.07 bits per heavy atom. The normalized spacial score (nSPS) is 10.8. The Balaban J connectivity index is 2.28. The van der Waals surface area contributed by atoms with Gasteiger partial charge in [0.25, 0.3) is 0 Å². The fraction of sp³-hybridized carbons (Fsp3) is 0.455. The van der Waals surface area contributed by atoms with Gasteiger partial charge >= 0.3 is 0 Å². The van der Waals surface area contributed by atoms with Crippen molar-refractivity contribution in [2.24, 2.45) is 0 Å². The highest BCUT2D eigenvalue weighted by atomic mass is 32.2. The smallest absolute Gasteiger partial charge is 0.129 e. The second kappa shape index (κ2) is 5.94. The summed E-state index contributed by atoms with van der Waals surface area (Å²) >= 11 is 1.61. The van der Waals surface area contributed by atoms with Gasteiger partial charge in [0.1, 0.15) is 5.75 Å². The number of hydrogen-bond donors (Lipinski definition) is 1. The highest BCUT2D eigenvalue weighted by molar-refractivity contribution is 7.99. The number of rotatable bonds is 5. The van der Waals surface area contributed by atoms with Crippen molar-refractivity contribution in [3.63, 3.8) is 0 Å². The van der Waals surface area contributed by atoms with Crippen LogP contribution >= 0.6 is 11.8 Å². The van der Waals surface area contributed by atoms with Gasteiger partial charge in [-0.15, -0.1) is 11.8 Å². The lowest BCUT2D eigenvalue weighted by atomic mass is 10.3. The van der Waals surface area contributed by atoms with Crippen molar-refractivity contribution in [2.75, 3.05) is 12.4 Å². The standard InChI is InChI=1S/C11H16O2S/c1-9(2)13-7-8-14-11-6-4-3-5-10(11)12/h3-6,9,12H,7-8H2,1-2H3. The molecule has 14 heavy (non-hydrogen) atoms. The van der Waals surface area contributed by atoms with E-state index in [1.165, 1.54) is 0 Å². The van der Waals surface area contributed by atoms with Crippen molar-refractivity contribution in [1.29, 1.82) is 0 Å². The van der Waals surface area contributed by atoms with E-state index in [2.05, 4.69) is 0 Å². The number of aromatic hydroxyl groups is 1. The zero-order chi connectivity index (χ0) is 10.4. The number of benzene rings is 1. The van der Waals surface area contributed by atoms with Gasteiger partial charge in [0, 0.05) is 10.6 Å². The molecule has 0 atom stereocenters. The van der Waals surface area contributed by atoms with Crippen LogP contribution in [-0.2, 0) is 4.74 Å². The third-order valence-electron chi connectivity index (χ3n) is 1.66. The lowest BCUT2D eigenvalue weighted by molar-refractivity contribution is 0.0920. The highest BCUT2D eigenvalue weighted by Crippen LogP contribution is 2.27. The van der Waals surface area contributed by atoms with Crippen LogP contribution in [0.25, 0.3) is 0 Å². The van der Waals surface area contributed by atoms with E-state index in [4.69, 9.17) is 4.74 Å². The van der Waals surface area contributed by atoms with Crippen molar-refractivity contribution in [2.45, 2.75) is 24.8 Å². The first-order valence-corrected chi connectivity index (χ1v) is 5.71. The molecule has 2 nitrogen and oxygen atoms in total. The molecule has 0 aromatic heterocycles. The van der Waals surface area contributed by atoms with Gasteiger partial charge in [0.15, 0.2) is 0 Å². The number of thioether (sulfide) groups is 1. The lowest BCUT2D eigenvalue weighted by Crippen LogP contribution is -2.05. The number of para-hydroxylation sites is 1. The summed E-state index contributed by atoms with van der Waals surface area (Å²) in [7, 11) is 0. The number of phenols is 1. The molecular weight excluding hydrogens is 196 g/mol. The van der Waals surface area contributed by atoms with Crippen molar-refractivity contribution in [3.8, 4) is 5.75 Å². The number of hydrogen-bond acceptors (Lipinski definition) is 3. The Morgan fingerprint density at radius 1 is 1.36 bits per heavy atom. The van der Waals surface area contributed by atoms with Gasteiger partial charge in [0.05, 0.1) is 12.7 Å². The molecule has 0 aliphatic heterocycles. The number of ether oxygens (including phenoxy) is 1. The monoisotopic (exact) mass is 212 g/mol. The molecule has 0 saturated carbocycles. The molecule has 1 rings (SSSR count). The topological polar surface area (TPSA) is 29.5 Å². The minimum Gasteiger partial charge on any atom is -0.507 e. The Morgan fingerprint density at radius 3 is 2.71 bits per heavy atom. The van der Waals surface area contributed by atoms with E-state index >= 15 is 0 Å². The van der Waals surface area contributed by atoms with Crippen LogP contribution < -0.4 is 0 Å². The predicted molar refractivity (Wildman–Crippen MR) is 59.9 cm³/mol. The van der Waals surface area contributed by atoms with Crippen LogP contribution in [0.3, 0.4) is 0 Å². The van der Waals surface area contributed by atoms with Gasteiger partial charge in [-0.2, -0.15) is 0 Å². The van der Waals surface area contributed by atoms with Gasteiger partial charge in [-0.05, 0) is 26.0 Å². The van der Waals surface area contributed by atoms with Gasteiger partial charge < -0.3 is 9.84 Å². The summed E-state index contributed by atoms with van der Waals surface area (Å²) in [6.45, 7) is 4.76. The summed E-state index contributed by atoms with van der Waals surface area (Å²) in [5.41, 5.74) is 0. The van der Waals surface area contributed by atoms with E-state index in [0.29, 0.717) is 5.75 Å². The molecular formula is C11H16O2S. The molecule has 0 unspecified atom stereocenters. The molecule has 0 fully saturated rings. The quantitative estimate of drug-likeness (QED) is 0.601. The molecule has 0 saturated heterocycles. The second-order valence-corrected chi connectivity index (χ2v) is 4.37. The van der Waals surface area contributed by atoms with E-state index in [-0.39, 0.29) is 6.10 Å².